The van der Waals surface area contributed by atoms with Gasteiger partial charge in [0, 0.05) is 17.8 Å². The van der Waals surface area contributed by atoms with E-state index in [1.54, 1.807) is 0 Å². The van der Waals surface area contributed by atoms with Gasteiger partial charge in [-0.25, -0.2) is 4.79 Å². The van der Waals surface area contributed by atoms with E-state index in [0.717, 1.165) is 28.3 Å². The van der Waals surface area contributed by atoms with Crippen LogP contribution in [0.5, 0.6) is 0 Å². The van der Waals surface area contributed by atoms with Crippen molar-refractivity contribution >= 4 is 11.7 Å². The summed E-state index contributed by atoms with van der Waals surface area (Å²) in [5.41, 5.74) is 3.63. The van der Waals surface area contributed by atoms with Gasteiger partial charge in [0.15, 0.2) is 0 Å². The van der Waals surface area contributed by atoms with Gasteiger partial charge < -0.3 is 15.2 Å². The summed E-state index contributed by atoms with van der Waals surface area (Å²) in [5.74, 6) is 0.730. The minimum absolute atomic E-state index is 0.246. The standard InChI is InChI=1S/C14H17N3O2/c1-9-4-6-12(7-5-9)16-14(18)15-8-13-10(2)17-19-11(13)3/h4-7H,8H2,1-3H3,(H2,15,16,18). The minimum atomic E-state index is -0.246. The highest BCUT2D eigenvalue weighted by molar-refractivity contribution is 5.89. The average Bonchev–Trinajstić information content (AvgIpc) is 2.70. The first kappa shape index (κ1) is 13.1. The molecule has 0 radical (unpaired) electrons. The molecule has 5 nitrogen and oxygen atoms in total. The number of anilines is 1. The summed E-state index contributed by atoms with van der Waals surface area (Å²) in [6.45, 7) is 6.08. The SMILES string of the molecule is Cc1ccc(NC(=O)NCc2c(C)noc2C)cc1. The van der Waals surface area contributed by atoms with Gasteiger partial charge in [0.25, 0.3) is 0 Å². The van der Waals surface area contributed by atoms with Crippen LogP contribution in [0.25, 0.3) is 0 Å². The van der Waals surface area contributed by atoms with Crippen molar-refractivity contribution in [2.45, 2.75) is 27.3 Å². The van der Waals surface area contributed by atoms with E-state index in [-0.39, 0.29) is 6.03 Å². The summed E-state index contributed by atoms with van der Waals surface area (Å²) in [6.07, 6.45) is 0. The van der Waals surface area contributed by atoms with Crippen LogP contribution in [0.2, 0.25) is 0 Å². The van der Waals surface area contributed by atoms with Crippen LogP contribution < -0.4 is 10.6 Å². The van der Waals surface area contributed by atoms with Crippen molar-refractivity contribution in [2.24, 2.45) is 0 Å². The number of nitrogens with zero attached hydrogens (tertiary/aromatic N) is 1. The van der Waals surface area contributed by atoms with Crippen LogP contribution in [-0.2, 0) is 6.54 Å². The second kappa shape index (κ2) is 5.56. The summed E-state index contributed by atoms with van der Waals surface area (Å²) in [6, 6.07) is 7.38. The molecule has 0 bridgehead atoms. The fourth-order valence-electron chi connectivity index (χ4n) is 1.74. The zero-order chi connectivity index (χ0) is 13.8. The van der Waals surface area contributed by atoms with Crippen molar-refractivity contribution < 1.29 is 9.32 Å². The molecule has 0 aliphatic carbocycles. The fourth-order valence-corrected chi connectivity index (χ4v) is 1.74. The molecule has 0 atom stereocenters. The molecule has 0 unspecified atom stereocenters. The Balaban J connectivity index is 1.90. The van der Waals surface area contributed by atoms with Crippen LogP contribution in [0.4, 0.5) is 10.5 Å². The average molecular weight is 259 g/mol. The van der Waals surface area contributed by atoms with E-state index in [1.807, 2.05) is 45.0 Å². The van der Waals surface area contributed by atoms with Crippen molar-refractivity contribution in [1.82, 2.24) is 10.5 Å². The largest absolute Gasteiger partial charge is 0.361 e. The molecule has 2 aromatic rings. The second-order valence-electron chi connectivity index (χ2n) is 4.48. The van der Waals surface area contributed by atoms with E-state index in [1.165, 1.54) is 0 Å². The zero-order valence-electron chi connectivity index (χ0n) is 11.3. The molecular formula is C14H17N3O2. The number of benzene rings is 1. The summed E-state index contributed by atoms with van der Waals surface area (Å²) in [5, 5.41) is 9.39. The number of hydrogen-bond donors (Lipinski definition) is 2. The number of aryl methyl sites for hydroxylation is 3. The molecular weight excluding hydrogens is 242 g/mol. The van der Waals surface area contributed by atoms with Crippen molar-refractivity contribution in [3.63, 3.8) is 0 Å². The van der Waals surface area contributed by atoms with Gasteiger partial charge in [-0.05, 0) is 32.9 Å². The lowest BCUT2D eigenvalue weighted by molar-refractivity contribution is 0.251. The molecule has 100 valence electrons. The first-order chi connectivity index (χ1) is 9.06. The highest BCUT2D eigenvalue weighted by atomic mass is 16.5. The van der Waals surface area contributed by atoms with Gasteiger partial charge in [0.2, 0.25) is 0 Å². The Labute approximate surface area is 112 Å². The molecule has 1 heterocycles. The molecule has 0 spiro atoms. The third-order valence-corrected chi connectivity index (χ3v) is 2.92. The summed E-state index contributed by atoms with van der Waals surface area (Å²) < 4.78 is 5.04. The van der Waals surface area contributed by atoms with Crippen LogP contribution in [0.3, 0.4) is 0 Å². The fraction of sp³-hybridized carbons (Fsp3) is 0.286. The maximum atomic E-state index is 11.7. The maximum Gasteiger partial charge on any atom is 0.319 e. The van der Waals surface area contributed by atoms with Gasteiger partial charge in [-0.15, -0.1) is 0 Å². The van der Waals surface area contributed by atoms with E-state index >= 15 is 0 Å². The van der Waals surface area contributed by atoms with Crippen molar-refractivity contribution in [3.05, 3.63) is 46.8 Å². The van der Waals surface area contributed by atoms with Gasteiger partial charge in [-0.3, -0.25) is 0 Å². The Hall–Kier alpha value is -2.30. The Morgan fingerprint density at radius 3 is 2.47 bits per heavy atom. The highest BCUT2D eigenvalue weighted by Crippen LogP contribution is 2.12. The highest BCUT2D eigenvalue weighted by Gasteiger charge is 2.10. The summed E-state index contributed by atoms with van der Waals surface area (Å²) in [4.78, 5) is 11.7. The van der Waals surface area contributed by atoms with E-state index in [4.69, 9.17) is 4.52 Å². The Kier molecular flexibility index (Phi) is 3.85. The molecule has 2 rings (SSSR count). The number of carbonyl (C=O) groups excluding carboxylic acids is 1. The Bertz CT molecular complexity index is 553. The number of aromatic nitrogens is 1. The minimum Gasteiger partial charge on any atom is -0.361 e. The molecule has 2 amide bonds. The molecule has 0 saturated heterocycles. The van der Waals surface area contributed by atoms with Gasteiger partial charge in [-0.1, -0.05) is 22.9 Å². The third kappa shape index (κ3) is 3.34. The van der Waals surface area contributed by atoms with Crippen molar-refractivity contribution in [3.8, 4) is 0 Å². The number of nitrogens with one attached hydrogen (secondary N) is 2. The van der Waals surface area contributed by atoms with Gasteiger partial charge in [0.05, 0.1) is 5.69 Å². The van der Waals surface area contributed by atoms with E-state index < -0.39 is 0 Å². The van der Waals surface area contributed by atoms with Gasteiger partial charge in [0.1, 0.15) is 5.76 Å². The molecule has 0 aliphatic rings. The number of urea groups is 1. The quantitative estimate of drug-likeness (QED) is 0.890. The molecule has 0 fully saturated rings. The molecule has 0 saturated carbocycles. The van der Waals surface area contributed by atoms with E-state index in [0.29, 0.717) is 6.54 Å². The summed E-state index contributed by atoms with van der Waals surface area (Å²) >= 11 is 0. The number of hydrogen-bond acceptors (Lipinski definition) is 3. The lowest BCUT2D eigenvalue weighted by Crippen LogP contribution is -2.28. The first-order valence-corrected chi connectivity index (χ1v) is 6.09. The molecule has 2 N–H and O–H groups in total. The zero-order valence-corrected chi connectivity index (χ0v) is 11.3. The monoisotopic (exact) mass is 259 g/mol. The molecule has 19 heavy (non-hydrogen) atoms. The van der Waals surface area contributed by atoms with E-state index in [9.17, 15) is 4.79 Å². The number of carbonyl (C=O) groups is 1. The predicted octanol–water partition coefficient (Wildman–Crippen LogP) is 2.92. The van der Waals surface area contributed by atoms with Crippen LogP contribution >= 0.6 is 0 Å². The van der Waals surface area contributed by atoms with Gasteiger partial charge >= 0.3 is 6.03 Å². The van der Waals surface area contributed by atoms with Crippen molar-refractivity contribution in [2.75, 3.05) is 5.32 Å². The maximum absolute atomic E-state index is 11.7. The molecule has 1 aromatic heterocycles. The topological polar surface area (TPSA) is 67.2 Å². The van der Waals surface area contributed by atoms with Crippen LogP contribution in [0.15, 0.2) is 28.8 Å². The van der Waals surface area contributed by atoms with Crippen LogP contribution in [0.1, 0.15) is 22.6 Å². The van der Waals surface area contributed by atoms with Crippen molar-refractivity contribution in [1.29, 1.82) is 0 Å². The summed E-state index contributed by atoms with van der Waals surface area (Å²) in [7, 11) is 0. The van der Waals surface area contributed by atoms with Crippen LogP contribution in [0, 0.1) is 20.8 Å². The number of amides is 2. The lowest BCUT2D eigenvalue weighted by atomic mass is 10.2. The normalized spacial score (nSPS) is 10.3. The number of rotatable bonds is 3. The van der Waals surface area contributed by atoms with Crippen LogP contribution in [-0.4, -0.2) is 11.2 Å². The molecule has 1 aromatic carbocycles. The third-order valence-electron chi connectivity index (χ3n) is 2.92. The van der Waals surface area contributed by atoms with Gasteiger partial charge in [-0.2, -0.15) is 0 Å². The Morgan fingerprint density at radius 2 is 1.89 bits per heavy atom. The lowest BCUT2D eigenvalue weighted by Gasteiger charge is -2.07. The smallest absolute Gasteiger partial charge is 0.319 e. The predicted molar refractivity (Wildman–Crippen MR) is 73.0 cm³/mol. The van der Waals surface area contributed by atoms with E-state index in [2.05, 4.69) is 15.8 Å². The molecule has 0 aliphatic heterocycles. The second-order valence-corrected chi connectivity index (χ2v) is 4.48. The first-order valence-electron chi connectivity index (χ1n) is 6.09. The Morgan fingerprint density at radius 1 is 1.21 bits per heavy atom. The molecule has 5 heteroatoms.